The molecule has 0 aliphatic carbocycles. The Bertz CT molecular complexity index is 1110. The van der Waals surface area contributed by atoms with Crippen molar-refractivity contribution < 1.29 is 19.1 Å². The minimum absolute atomic E-state index is 0.0513. The fraction of sp³-hybridized carbons (Fsp3) is 0.263. The first-order chi connectivity index (χ1) is 13.5. The fourth-order valence-corrected chi connectivity index (χ4v) is 2.76. The zero-order valence-corrected chi connectivity index (χ0v) is 16.2. The molecule has 0 saturated heterocycles. The topological polar surface area (TPSA) is 156 Å². The summed E-state index contributed by atoms with van der Waals surface area (Å²) in [6.07, 6.45) is 2.91. The van der Waals surface area contributed by atoms with Crippen LogP contribution in [0.3, 0.4) is 0 Å². The van der Waals surface area contributed by atoms with Gasteiger partial charge in [-0.2, -0.15) is 5.10 Å². The van der Waals surface area contributed by atoms with Crippen molar-refractivity contribution in [2.24, 2.45) is 11.5 Å². The number of amides is 2. The van der Waals surface area contributed by atoms with E-state index in [9.17, 15) is 14.4 Å². The van der Waals surface area contributed by atoms with E-state index in [2.05, 4.69) is 15.1 Å². The van der Waals surface area contributed by atoms with Gasteiger partial charge < -0.3 is 16.2 Å². The molecule has 3 rings (SSSR count). The lowest BCUT2D eigenvalue weighted by molar-refractivity contribution is -0.155. The first-order valence-corrected chi connectivity index (χ1v) is 8.69. The second-order valence-corrected chi connectivity index (χ2v) is 7.35. The van der Waals surface area contributed by atoms with Crippen LogP contribution in [0.2, 0.25) is 0 Å². The van der Waals surface area contributed by atoms with E-state index in [0.717, 1.165) is 0 Å². The molecule has 2 aromatic heterocycles. The number of carbonyl (C=O) groups excluding carboxylic acids is 3. The molecule has 10 heteroatoms. The molecule has 0 aliphatic rings. The molecule has 0 fully saturated rings. The number of ether oxygens (including phenoxy) is 1. The highest BCUT2D eigenvalue weighted by Crippen LogP contribution is 2.26. The van der Waals surface area contributed by atoms with Gasteiger partial charge in [-0.1, -0.05) is 6.07 Å². The van der Waals surface area contributed by atoms with Gasteiger partial charge in [0.2, 0.25) is 5.82 Å². The summed E-state index contributed by atoms with van der Waals surface area (Å²) >= 11 is 0. The fourth-order valence-electron chi connectivity index (χ4n) is 2.76. The van der Waals surface area contributed by atoms with Crippen LogP contribution >= 0.6 is 0 Å². The van der Waals surface area contributed by atoms with E-state index < -0.39 is 23.4 Å². The molecule has 0 bridgehead atoms. The van der Waals surface area contributed by atoms with Gasteiger partial charge >= 0.3 is 5.97 Å². The first kappa shape index (κ1) is 19.9. The van der Waals surface area contributed by atoms with Gasteiger partial charge in [0.25, 0.3) is 11.8 Å². The third-order valence-corrected chi connectivity index (χ3v) is 3.89. The molecule has 29 heavy (non-hydrogen) atoms. The Hall–Kier alpha value is -3.82. The number of primary amides is 2. The van der Waals surface area contributed by atoms with E-state index in [-0.39, 0.29) is 18.1 Å². The average Bonchev–Trinajstić information content (AvgIpc) is 2.98. The Kier molecular flexibility index (Phi) is 5.02. The molecular weight excluding hydrogens is 376 g/mol. The highest BCUT2D eigenvalue weighted by Gasteiger charge is 2.21. The summed E-state index contributed by atoms with van der Waals surface area (Å²) in [5.41, 5.74) is 11.8. The molecule has 0 radical (unpaired) electrons. The Morgan fingerprint density at radius 3 is 2.24 bits per heavy atom. The predicted molar refractivity (Wildman–Crippen MR) is 104 cm³/mol. The lowest BCUT2D eigenvalue weighted by atomic mass is 10.1. The van der Waals surface area contributed by atoms with Crippen LogP contribution < -0.4 is 11.5 Å². The van der Waals surface area contributed by atoms with Crippen LogP contribution in [-0.4, -0.2) is 43.1 Å². The number of rotatable bonds is 5. The molecule has 2 amide bonds. The van der Waals surface area contributed by atoms with E-state index >= 15 is 0 Å². The zero-order chi connectivity index (χ0) is 21.3. The second kappa shape index (κ2) is 7.30. The van der Waals surface area contributed by atoms with Crippen molar-refractivity contribution in [1.29, 1.82) is 0 Å². The summed E-state index contributed by atoms with van der Waals surface area (Å²) in [4.78, 5) is 43.0. The van der Waals surface area contributed by atoms with Crippen molar-refractivity contribution in [3.05, 3.63) is 42.1 Å². The van der Waals surface area contributed by atoms with Crippen LogP contribution in [0.4, 0.5) is 0 Å². The minimum atomic E-state index is -0.728. The van der Waals surface area contributed by atoms with Gasteiger partial charge in [0.1, 0.15) is 12.1 Å². The van der Waals surface area contributed by atoms with Gasteiger partial charge in [0.05, 0.1) is 5.52 Å². The lowest BCUT2D eigenvalue weighted by Gasteiger charge is -2.19. The third kappa shape index (κ3) is 4.37. The molecular formula is C19H20N6O4. The maximum absolute atomic E-state index is 12.2. The molecule has 4 N–H and O–H groups in total. The molecule has 2 heterocycles. The molecule has 0 aliphatic heterocycles. The Morgan fingerprint density at radius 2 is 1.69 bits per heavy atom. The number of hydrogen-bond acceptors (Lipinski definition) is 7. The van der Waals surface area contributed by atoms with Gasteiger partial charge in [0.15, 0.2) is 5.69 Å². The summed E-state index contributed by atoms with van der Waals surface area (Å²) in [6.45, 7) is 5.08. The molecule has 0 saturated carbocycles. The SMILES string of the molecule is CC(C)(C)OC(=O)Cn1nc(C(N)=O)c2ccc(-c3cnc(C(N)=O)nc3)cc21. The van der Waals surface area contributed by atoms with Crippen LogP contribution in [0.25, 0.3) is 22.0 Å². The van der Waals surface area contributed by atoms with E-state index in [1.807, 2.05) is 0 Å². The Labute approximate surface area is 165 Å². The molecule has 0 atom stereocenters. The Balaban J connectivity index is 2.04. The van der Waals surface area contributed by atoms with E-state index in [1.165, 1.54) is 17.1 Å². The van der Waals surface area contributed by atoms with Crippen LogP contribution in [0.5, 0.6) is 0 Å². The lowest BCUT2D eigenvalue weighted by Crippen LogP contribution is -2.27. The minimum Gasteiger partial charge on any atom is -0.459 e. The van der Waals surface area contributed by atoms with Gasteiger partial charge in [-0.15, -0.1) is 0 Å². The molecule has 3 aromatic rings. The highest BCUT2D eigenvalue weighted by atomic mass is 16.6. The predicted octanol–water partition coefficient (Wildman–Crippen LogP) is 1.03. The second-order valence-electron chi connectivity index (χ2n) is 7.35. The smallest absolute Gasteiger partial charge is 0.328 e. The number of hydrogen-bond donors (Lipinski definition) is 2. The molecule has 1 aromatic carbocycles. The van der Waals surface area contributed by atoms with Gasteiger partial charge in [-0.05, 0) is 38.5 Å². The van der Waals surface area contributed by atoms with Crippen LogP contribution in [0.1, 0.15) is 41.9 Å². The number of esters is 1. The van der Waals surface area contributed by atoms with Gasteiger partial charge in [-0.25, -0.2) is 9.97 Å². The molecule has 0 spiro atoms. The van der Waals surface area contributed by atoms with Crippen molar-refractivity contribution in [3.8, 4) is 11.1 Å². The first-order valence-electron chi connectivity index (χ1n) is 8.69. The van der Waals surface area contributed by atoms with Gasteiger partial charge in [-0.3, -0.25) is 19.1 Å². The summed E-state index contributed by atoms with van der Waals surface area (Å²) in [7, 11) is 0. The van der Waals surface area contributed by atoms with Gasteiger partial charge in [0, 0.05) is 23.3 Å². The number of nitrogens with two attached hydrogens (primary N) is 2. The number of benzene rings is 1. The van der Waals surface area contributed by atoms with Crippen LogP contribution in [-0.2, 0) is 16.1 Å². The molecule has 0 unspecified atom stereocenters. The zero-order valence-electron chi connectivity index (χ0n) is 16.2. The number of fused-ring (bicyclic) bond motifs is 1. The number of nitrogens with zero attached hydrogens (tertiary/aromatic N) is 4. The van der Waals surface area contributed by atoms with Crippen molar-refractivity contribution in [2.75, 3.05) is 0 Å². The van der Waals surface area contributed by atoms with Crippen molar-refractivity contribution in [1.82, 2.24) is 19.7 Å². The highest BCUT2D eigenvalue weighted by molar-refractivity contribution is 6.05. The maximum atomic E-state index is 12.2. The van der Waals surface area contributed by atoms with Crippen molar-refractivity contribution >= 4 is 28.7 Å². The largest absolute Gasteiger partial charge is 0.459 e. The van der Waals surface area contributed by atoms with Crippen molar-refractivity contribution in [2.45, 2.75) is 32.9 Å². The average molecular weight is 396 g/mol. The van der Waals surface area contributed by atoms with E-state index in [4.69, 9.17) is 16.2 Å². The summed E-state index contributed by atoms with van der Waals surface area (Å²) < 4.78 is 6.70. The quantitative estimate of drug-likeness (QED) is 0.610. The molecule has 150 valence electrons. The van der Waals surface area contributed by atoms with Crippen LogP contribution in [0, 0.1) is 0 Å². The number of aromatic nitrogens is 4. The maximum Gasteiger partial charge on any atom is 0.328 e. The van der Waals surface area contributed by atoms with Crippen molar-refractivity contribution in [3.63, 3.8) is 0 Å². The third-order valence-electron chi connectivity index (χ3n) is 3.89. The number of carbonyl (C=O) groups is 3. The normalized spacial score (nSPS) is 11.4. The van der Waals surface area contributed by atoms with E-state index in [0.29, 0.717) is 22.0 Å². The summed E-state index contributed by atoms with van der Waals surface area (Å²) in [5, 5.41) is 4.68. The van der Waals surface area contributed by atoms with Crippen LogP contribution in [0.15, 0.2) is 30.6 Å². The summed E-state index contributed by atoms with van der Waals surface area (Å²) in [6, 6.07) is 5.13. The Morgan fingerprint density at radius 1 is 1.03 bits per heavy atom. The summed E-state index contributed by atoms with van der Waals surface area (Å²) in [5.74, 6) is -2.04. The standard InChI is InChI=1S/C19H20N6O4/c1-19(2,3)29-14(26)9-25-13-6-10(4-5-12(13)15(24-25)16(20)27)11-7-22-18(17(21)28)23-8-11/h4-8H,9H2,1-3H3,(H2,20,27)(H2,21,28). The monoisotopic (exact) mass is 396 g/mol. The van der Waals surface area contributed by atoms with E-state index in [1.54, 1.807) is 39.0 Å². The molecule has 10 nitrogen and oxygen atoms in total.